The molecule has 3 N–H and O–H groups in total. The first kappa shape index (κ1) is 14.5. The SMILES string of the molecule is CC(CCO)SC(c1ccc(Br)s1)C(C)N. The quantitative estimate of drug-likeness (QED) is 0.843. The molecule has 1 aromatic rings. The van der Waals surface area contributed by atoms with Crippen LogP contribution in [0.1, 0.15) is 30.4 Å². The normalized spacial score (nSPS) is 17.1. The van der Waals surface area contributed by atoms with Crippen molar-refractivity contribution in [3.63, 3.8) is 0 Å². The number of aliphatic hydroxyl groups excluding tert-OH is 1. The van der Waals surface area contributed by atoms with Crippen LogP contribution < -0.4 is 5.73 Å². The van der Waals surface area contributed by atoms with Gasteiger partial charge in [0.1, 0.15) is 0 Å². The molecule has 1 heterocycles. The van der Waals surface area contributed by atoms with Crippen LogP contribution in [0.3, 0.4) is 0 Å². The molecule has 0 amide bonds. The number of thiophene rings is 1. The summed E-state index contributed by atoms with van der Waals surface area (Å²) >= 11 is 7.06. The van der Waals surface area contributed by atoms with E-state index in [0.29, 0.717) is 10.5 Å². The molecule has 16 heavy (non-hydrogen) atoms. The van der Waals surface area contributed by atoms with Gasteiger partial charge in [0.25, 0.3) is 0 Å². The summed E-state index contributed by atoms with van der Waals surface area (Å²) in [6.45, 7) is 4.42. The maximum absolute atomic E-state index is 8.91. The van der Waals surface area contributed by atoms with E-state index in [1.54, 1.807) is 11.3 Å². The lowest BCUT2D eigenvalue weighted by Crippen LogP contribution is -2.23. The van der Waals surface area contributed by atoms with E-state index < -0.39 is 0 Å². The maximum Gasteiger partial charge on any atom is 0.0701 e. The highest BCUT2D eigenvalue weighted by Gasteiger charge is 2.21. The highest BCUT2D eigenvalue weighted by molar-refractivity contribution is 9.11. The first-order valence-corrected chi connectivity index (χ1v) is 7.87. The molecule has 0 aliphatic carbocycles. The van der Waals surface area contributed by atoms with E-state index >= 15 is 0 Å². The van der Waals surface area contributed by atoms with Crippen molar-refractivity contribution < 1.29 is 5.11 Å². The number of halogens is 1. The van der Waals surface area contributed by atoms with E-state index in [0.717, 1.165) is 10.2 Å². The molecule has 3 unspecified atom stereocenters. The third kappa shape index (κ3) is 4.37. The van der Waals surface area contributed by atoms with Gasteiger partial charge >= 0.3 is 0 Å². The van der Waals surface area contributed by atoms with Crippen LogP contribution in [-0.4, -0.2) is 23.0 Å². The van der Waals surface area contributed by atoms with Crippen LogP contribution in [0.2, 0.25) is 0 Å². The summed E-state index contributed by atoms with van der Waals surface area (Å²) in [6, 6.07) is 4.31. The molecule has 0 spiro atoms. The predicted molar refractivity (Wildman–Crippen MR) is 77.2 cm³/mol. The van der Waals surface area contributed by atoms with E-state index in [9.17, 15) is 0 Å². The van der Waals surface area contributed by atoms with Gasteiger partial charge in [0.05, 0.1) is 9.04 Å². The second-order valence-electron chi connectivity index (χ2n) is 3.88. The Labute approximate surface area is 114 Å². The zero-order valence-electron chi connectivity index (χ0n) is 9.52. The molecule has 0 aromatic carbocycles. The molecule has 3 atom stereocenters. The van der Waals surface area contributed by atoms with Crippen molar-refractivity contribution in [1.82, 2.24) is 0 Å². The Morgan fingerprint density at radius 2 is 2.19 bits per heavy atom. The third-order valence-corrected chi connectivity index (χ3v) is 5.80. The summed E-state index contributed by atoms with van der Waals surface area (Å²) < 4.78 is 1.14. The van der Waals surface area contributed by atoms with Crippen molar-refractivity contribution in [2.45, 2.75) is 36.8 Å². The first-order valence-electron chi connectivity index (χ1n) is 5.31. The number of rotatable bonds is 6. The van der Waals surface area contributed by atoms with Gasteiger partial charge in [-0.05, 0) is 41.4 Å². The number of nitrogens with two attached hydrogens (primary N) is 1. The first-order chi connectivity index (χ1) is 7.54. The van der Waals surface area contributed by atoms with Crippen molar-refractivity contribution in [1.29, 1.82) is 0 Å². The third-order valence-electron chi connectivity index (χ3n) is 2.27. The van der Waals surface area contributed by atoms with Crippen LogP contribution in [0.15, 0.2) is 15.9 Å². The Balaban J connectivity index is 2.68. The Kier molecular flexibility index (Phi) is 6.36. The Morgan fingerprint density at radius 1 is 1.50 bits per heavy atom. The molecule has 92 valence electrons. The zero-order valence-corrected chi connectivity index (χ0v) is 12.7. The number of thioether (sulfide) groups is 1. The molecule has 2 nitrogen and oxygen atoms in total. The van der Waals surface area contributed by atoms with Gasteiger partial charge in [-0.1, -0.05) is 6.92 Å². The van der Waals surface area contributed by atoms with Crippen LogP contribution in [0, 0.1) is 0 Å². The maximum atomic E-state index is 8.91. The smallest absolute Gasteiger partial charge is 0.0701 e. The Morgan fingerprint density at radius 3 is 2.62 bits per heavy atom. The van der Waals surface area contributed by atoms with Gasteiger partial charge in [-0.25, -0.2) is 0 Å². The van der Waals surface area contributed by atoms with E-state index in [-0.39, 0.29) is 12.6 Å². The van der Waals surface area contributed by atoms with Gasteiger partial charge < -0.3 is 10.8 Å². The van der Waals surface area contributed by atoms with Gasteiger partial charge in [0.2, 0.25) is 0 Å². The van der Waals surface area contributed by atoms with Gasteiger partial charge in [-0.15, -0.1) is 23.1 Å². The molecular weight excluding hydrogens is 306 g/mol. The fourth-order valence-corrected chi connectivity index (χ4v) is 4.47. The Hall–Kier alpha value is 0.450. The van der Waals surface area contributed by atoms with Crippen LogP contribution in [0.25, 0.3) is 0 Å². The van der Waals surface area contributed by atoms with Gasteiger partial charge in [-0.3, -0.25) is 0 Å². The predicted octanol–water partition coefficient (Wildman–Crippen LogP) is 3.40. The minimum atomic E-state index is 0.122. The molecular formula is C11H18BrNOS2. The average Bonchev–Trinajstić information content (AvgIpc) is 2.61. The van der Waals surface area contributed by atoms with Crippen molar-refractivity contribution in [3.05, 3.63) is 20.8 Å². The summed E-state index contributed by atoms with van der Waals surface area (Å²) in [5.74, 6) is 0. The van der Waals surface area contributed by atoms with Crippen molar-refractivity contribution in [2.75, 3.05) is 6.61 Å². The summed E-state index contributed by atoms with van der Waals surface area (Å²) in [5, 5.41) is 9.66. The summed E-state index contributed by atoms with van der Waals surface area (Å²) in [5.41, 5.74) is 6.03. The number of hydrogen-bond acceptors (Lipinski definition) is 4. The highest BCUT2D eigenvalue weighted by atomic mass is 79.9. The minimum absolute atomic E-state index is 0.122. The second kappa shape index (κ2) is 7.01. The average molecular weight is 324 g/mol. The summed E-state index contributed by atoms with van der Waals surface area (Å²) in [7, 11) is 0. The van der Waals surface area contributed by atoms with Crippen LogP contribution in [0.4, 0.5) is 0 Å². The topological polar surface area (TPSA) is 46.2 Å². The molecule has 0 saturated heterocycles. The summed E-state index contributed by atoms with van der Waals surface area (Å²) in [6.07, 6.45) is 0.820. The molecule has 0 bridgehead atoms. The number of hydrogen-bond donors (Lipinski definition) is 2. The lowest BCUT2D eigenvalue weighted by atomic mass is 10.2. The Bertz CT molecular complexity index is 317. The molecule has 5 heteroatoms. The van der Waals surface area contributed by atoms with Gasteiger partial charge in [-0.2, -0.15) is 0 Å². The second-order valence-corrected chi connectivity index (χ2v) is 7.96. The van der Waals surface area contributed by atoms with E-state index in [4.69, 9.17) is 10.8 Å². The van der Waals surface area contributed by atoms with Crippen LogP contribution in [-0.2, 0) is 0 Å². The highest BCUT2D eigenvalue weighted by Crippen LogP contribution is 2.39. The fraction of sp³-hybridized carbons (Fsp3) is 0.636. The monoisotopic (exact) mass is 323 g/mol. The molecule has 0 saturated carbocycles. The lowest BCUT2D eigenvalue weighted by Gasteiger charge is -2.22. The van der Waals surface area contributed by atoms with E-state index in [2.05, 4.69) is 35.0 Å². The molecule has 1 rings (SSSR count). The zero-order chi connectivity index (χ0) is 12.1. The van der Waals surface area contributed by atoms with Crippen LogP contribution >= 0.6 is 39.0 Å². The van der Waals surface area contributed by atoms with E-state index in [1.807, 2.05) is 18.7 Å². The van der Waals surface area contributed by atoms with Crippen molar-refractivity contribution in [3.8, 4) is 0 Å². The van der Waals surface area contributed by atoms with Crippen LogP contribution in [0.5, 0.6) is 0 Å². The minimum Gasteiger partial charge on any atom is -0.396 e. The summed E-state index contributed by atoms with van der Waals surface area (Å²) in [4.78, 5) is 1.30. The van der Waals surface area contributed by atoms with E-state index in [1.165, 1.54) is 4.88 Å². The van der Waals surface area contributed by atoms with Crippen molar-refractivity contribution >= 4 is 39.0 Å². The molecule has 0 fully saturated rings. The molecule has 1 aromatic heterocycles. The van der Waals surface area contributed by atoms with Crippen molar-refractivity contribution in [2.24, 2.45) is 5.73 Å². The van der Waals surface area contributed by atoms with Gasteiger partial charge in [0, 0.05) is 22.8 Å². The standard InChI is InChI=1S/C11H18BrNOS2/c1-7(5-6-14)15-11(8(2)13)9-3-4-10(12)16-9/h3-4,7-8,11,14H,5-6,13H2,1-2H3. The lowest BCUT2D eigenvalue weighted by molar-refractivity contribution is 0.288. The van der Waals surface area contributed by atoms with Gasteiger partial charge in [0.15, 0.2) is 0 Å². The molecule has 0 aliphatic heterocycles. The number of aliphatic hydroxyl groups is 1. The molecule has 0 radical (unpaired) electrons. The molecule has 0 aliphatic rings. The largest absolute Gasteiger partial charge is 0.396 e. The fourth-order valence-electron chi connectivity index (χ4n) is 1.43.